The molecule has 0 bridgehead atoms. The van der Waals surface area contributed by atoms with Gasteiger partial charge in [-0.05, 0) is 31.1 Å². The Morgan fingerprint density at radius 3 is 2.31 bits per heavy atom. The fraction of sp³-hybridized carbons (Fsp3) is 1.00. The second-order valence-electron chi connectivity index (χ2n) is 5.01. The van der Waals surface area contributed by atoms with Crippen molar-refractivity contribution in [2.45, 2.75) is 63.9 Å². The molecule has 0 nitrogen and oxygen atoms in total. The van der Waals surface area contributed by atoms with E-state index in [0.717, 1.165) is 22.3 Å². The largest absolute Gasteiger partial charge is 0.155 e. The lowest BCUT2D eigenvalue weighted by Crippen LogP contribution is -2.11. The highest BCUT2D eigenvalue weighted by atomic mass is 32.2. The average molecular weight is 200 g/mol. The molecule has 1 fully saturated rings. The summed E-state index contributed by atoms with van der Waals surface area (Å²) in [5.74, 6) is 1.82. The van der Waals surface area contributed by atoms with Crippen molar-refractivity contribution in [2.24, 2.45) is 11.8 Å². The first-order chi connectivity index (χ1) is 6.09. The van der Waals surface area contributed by atoms with Gasteiger partial charge in [0.25, 0.3) is 0 Å². The second kappa shape index (κ2) is 5.29. The minimum atomic E-state index is 0.881. The molecular formula is C12H24S. The Bertz CT molecular complexity index is 142. The van der Waals surface area contributed by atoms with Gasteiger partial charge in [0.15, 0.2) is 0 Å². The minimum absolute atomic E-state index is 0.881. The zero-order valence-corrected chi connectivity index (χ0v) is 10.4. The van der Waals surface area contributed by atoms with Crippen molar-refractivity contribution in [1.29, 1.82) is 0 Å². The van der Waals surface area contributed by atoms with Crippen molar-refractivity contribution in [3.05, 3.63) is 0 Å². The van der Waals surface area contributed by atoms with Gasteiger partial charge in [-0.3, -0.25) is 0 Å². The van der Waals surface area contributed by atoms with Crippen LogP contribution in [0.5, 0.6) is 0 Å². The highest BCUT2D eigenvalue weighted by Crippen LogP contribution is 2.39. The maximum absolute atomic E-state index is 2.44. The molecule has 0 spiro atoms. The summed E-state index contributed by atoms with van der Waals surface area (Å²) in [6.45, 7) is 9.48. The molecule has 0 radical (unpaired) electrons. The highest BCUT2D eigenvalue weighted by molar-refractivity contribution is 8.00. The van der Waals surface area contributed by atoms with Crippen LogP contribution in [0.4, 0.5) is 0 Å². The molecule has 0 aromatic rings. The van der Waals surface area contributed by atoms with Crippen molar-refractivity contribution in [1.82, 2.24) is 0 Å². The van der Waals surface area contributed by atoms with Crippen LogP contribution in [0.25, 0.3) is 0 Å². The monoisotopic (exact) mass is 200 g/mol. The molecule has 1 heterocycles. The molecule has 13 heavy (non-hydrogen) atoms. The third kappa shape index (κ3) is 3.93. The molecule has 0 aromatic carbocycles. The van der Waals surface area contributed by atoms with Crippen LogP contribution in [0.15, 0.2) is 0 Å². The zero-order valence-electron chi connectivity index (χ0n) is 9.55. The molecule has 1 rings (SSSR count). The average Bonchev–Trinajstić information content (AvgIpc) is 2.47. The molecule has 3 unspecified atom stereocenters. The topological polar surface area (TPSA) is 0 Å². The summed E-state index contributed by atoms with van der Waals surface area (Å²) in [6.07, 6.45) is 5.75. The van der Waals surface area contributed by atoms with Crippen LogP contribution in [0, 0.1) is 11.8 Å². The Labute approximate surface area is 87.9 Å². The van der Waals surface area contributed by atoms with Crippen molar-refractivity contribution < 1.29 is 0 Å². The first-order valence-electron chi connectivity index (χ1n) is 5.75. The van der Waals surface area contributed by atoms with E-state index in [9.17, 15) is 0 Å². The highest BCUT2D eigenvalue weighted by Gasteiger charge is 2.26. The van der Waals surface area contributed by atoms with Gasteiger partial charge in [0, 0.05) is 10.5 Å². The summed E-state index contributed by atoms with van der Waals surface area (Å²) in [5, 5.41) is 1.89. The van der Waals surface area contributed by atoms with Crippen molar-refractivity contribution in [3.63, 3.8) is 0 Å². The fourth-order valence-electron chi connectivity index (χ4n) is 2.03. The molecule has 3 atom stereocenters. The standard InChI is InChI=1S/C12H24S/c1-9(2)5-6-10(3)12-8-7-11(4)13-12/h9-12H,5-8H2,1-4H3. The zero-order chi connectivity index (χ0) is 9.84. The number of hydrogen-bond acceptors (Lipinski definition) is 1. The lowest BCUT2D eigenvalue weighted by atomic mass is 9.94. The predicted molar refractivity (Wildman–Crippen MR) is 63.3 cm³/mol. The quantitative estimate of drug-likeness (QED) is 0.650. The summed E-state index contributed by atoms with van der Waals surface area (Å²) in [4.78, 5) is 0. The van der Waals surface area contributed by atoms with Gasteiger partial charge in [0.05, 0.1) is 0 Å². The third-order valence-corrected chi connectivity index (χ3v) is 4.85. The Morgan fingerprint density at radius 1 is 1.15 bits per heavy atom. The van der Waals surface area contributed by atoms with Crippen molar-refractivity contribution >= 4 is 11.8 Å². The normalized spacial score (nSPS) is 31.2. The van der Waals surface area contributed by atoms with E-state index < -0.39 is 0 Å². The number of hydrogen-bond donors (Lipinski definition) is 0. The Hall–Kier alpha value is 0.350. The first-order valence-corrected chi connectivity index (χ1v) is 6.69. The molecule has 0 aliphatic carbocycles. The van der Waals surface area contributed by atoms with Gasteiger partial charge in [0.2, 0.25) is 0 Å². The van der Waals surface area contributed by atoms with Crippen LogP contribution in [-0.4, -0.2) is 10.5 Å². The Balaban J connectivity index is 2.19. The van der Waals surface area contributed by atoms with Crippen LogP contribution in [0.1, 0.15) is 53.4 Å². The summed E-state index contributed by atoms with van der Waals surface area (Å²) < 4.78 is 0. The van der Waals surface area contributed by atoms with Crippen molar-refractivity contribution in [2.75, 3.05) is 0 Å². The van der Waals surface area contributed by atoms with Crippen LogP contribution in [0.2, 0.25) is 0 Å². The van der Waals surface area contributed by atoms with E-state index in [1.165, 1.54) is 25.7 Å². The van der Waals surface area contributed by atoms with E-state index in [2.05, 4.69) is 39.5 Å². The van der Waals surface area contributed by atoms with E-state index in [0.29, 0.717) is 0 Å². The Kier molecular flexibility index (Phi) is 4.64. The number of rotatable bonds is 4. The second-order valence-corrected chi connectivity index (χ2v) is 6.69. The smallest absolute Gasteiger partial charge is 0.00757 e. The van der Waals surface area contributed by atoms with Gasteiger partial charge >= 0.3 is 0 Å². The molecule has 78 valence electrons. The molecule has 0 N–H and O–H groups in total. The van der Waals surface area contributed by atoms with E-state index in [-0.39, 0.29) is 0 Å². The predicted octanol–water partition coefficient (Wildman–Crippen LogP) is 4.34. The first kappa shape index (κ1) is 11.4. The Morgan fingerprint density at radius 2 is 1.85 bits per heavy atom. The molecule has 1 saturated heterocycles. The fourth-order valence-corrected chi connectivity index (χ4v) is 3.58. The van der Waals surface area contributed by atoms with E-state index in [1.54, 1.807) is 0 Å². The lowest BCUT2D eigenvalue weighted by molar-refractivity contribution is 0.432. The molecule has 0 saturated carbocycles. The van der Waals surface area contributed by atoms with Crippen LogP contribution >= 0.6 is 11.8 Å². The SMILES string of the molecule is CC(C)CCC(C)C1CCC(C)S1. The molecule has 1 heteroatoms. The maximum atomic E-state index is 2.44. The van der Waals surface area contributed by atoms with Gasteiger partial charge in [-0.2, -0.15) is 11.8 Å². The summed E-state index contributed by atoms with van der Waals surface area (Å²) in [6, 6.07) is 0. The summed E-state index contributed by atoms with van der Waals surface area (Å²) >= 11 is 2.23. The van der Waals surface area contributed by atoms with E-state index >= 15 is 0 Å². The summed E-state index contributed by atoms with van der Waals surface area (Å²) in [5.41, 5.74) is 0. The van der Waals surface area contributed by atoms with E-state index in [1.807, 2.05) is 0 Å². The van der Waals surface area contributed by atoms with E-state index in [4.69, 9.17) is 0 Å². The molecule has 1 aliphatic rings. The van der Waals surface area contributed by atoms with Gasteiger partial charge in [-0.1, -0.05) is 34.1 Å². The van der Waals surface area contributed by atoms with Gasteiger partial charge in [-0.25, -0.2) is 0 Å². The van der Waals surface area contributed by atoms with Crippen molar-refractivity contribution in [3.8, 4) is 0 Å². The van der Waals surface area contributed by atoms with Crippen LogP contribution < -0.4 is 0 Å². The van der Waals surface area contributed by atoms with Gasteiger partial charge < -0.3 is 0 Å². The minimum Gasteiger partial charge on any atom is -0.155 e. The number of thioether (sulfide) groups is 1. The van der Waals surface area contributed by atoms with Gasteiger partial charge in [0.1, 0.15) is 0 Å². The summed E-state index contributed by atoms with van der Waals surface area (Å²) in [7, 11) is 0. The van der Waals surface area contributed by atoms with Crippen LogP contribution in [0.3, 0.4) is 0 Å². The maximum Gasteiger partial charge on any atom is 0.00757 e. The van der Waals surface area contributed by atoms with Gasteiger partial charge in [-0.15, -0.1) is 0 Å². The molecule has 0 amide bonds. The molecule has 1 aliphatic heterocycles. The molecule has 0 aromatic heterocycles. The van der Waals surface area contributed by atoms with Crippen LogP contribution in [-0.2, 0) is 0 Å². The lowest BCUT2D eigenvalue weighted by Gasteiger charge is -2.19. The molecular weight excluding hydrogens is 176 g/mol. The third-order valence-electron chi connectivity index (χ3n) is 3.10.